The number of nitrogens with zero attached hydrogens (tertiary/aromatic N) is 3. The predicted octanol–water partition coefficient (Wildman–Crippen LogP) is -0.0930. The third-order valence-corrected chi connectivity index (χ3v) is 4.99. The molecule has 138 valence electrons. The molecule has 8 nitrogen and oxygen atoms in total. The summed E-state index contributed by atoms with van der Waals surface area (Å²) in [7, 11) is 0. The first kappa shape index (κ1) is 17.9. The number of para-hydroxylation sites is 1. The molecule has 8 heteroatoms. The molecule has 2 aromatic rings. The largest absolute Gasteiger partial charge is 0.369 e. The molecule has 2 heterocycles. The van der Waals surface area contributed by atoms with Crippen molar-refractivity contribution in [1.82, 2.24) is 14.0 Å². The van der Waals surface area contributed by atoms with Crippen molar-refractivity contribution in [2.45, 2.75) is 32.9 Å². The van der Waals surface area contributed by atoms with Crippen LogP contribution in [-0.2, 0) is 22.7 Å². The lowest BCUT2D eigenvalue weighted by atomic mass is 9.96. The predicted molar refractivity (Wildman–Crippen MR) is 96.6 cm³/mol. The number of benzene rings is 1. The number of fused-ring (bicyclic) bond motifs is 1. The molecule has 0 radical (unpaired) electrons. The average Bonchev–Trinajstić information content (AvgIpc) is 2.65. The second-order valence-corrected chi connectivity index (χ2v) is 6.49. The molecule has 0 bridgehead atoms. The maximum atomic E-state index is 12.7. The van der Waals surface area contributed by atoms with Crippen LogP contribution in [0, 0.1) is 5.92 Å². The van der Waals surface area contributed by atoms with Crippen LogP contribution < -0.4 is 17.0 Å². The SMILES string of the molecule is CCn1c(=O)n(CC(=O)N2CCC(C(N)=O)CC2)c(=O)c2ccccc21. The smallest absolute Gasteiger partial charge is 0.331 e. The van der Waals surface area contributed by atoms with Gasteiger partial charge in [0, 0.05) is 25.6 Å². The number of amides is 2. The third kappa shape index (κ3) is 3.14. The van der Waals surface area contributed by atoms with Gasteiger partial charge in [0.15, 0.2) is 0 Å². The molecule has 3 rings (SSSR count). The number of rotatable bonds is 4. The highest BCUT2D eigenvalue weighted by Crippen LogP contribution is 2.17. The Balaban J connectivity index is 1.90. The van der Waals surface area contributed by atoms with E-state index in [4.69, 9.17) is 5.73 Å². The van der Waals surface area contributed by atoms with Crippen molar-refractivity contribution in [3.8, 4) is 0 Å². The summed E-state index contributed by atoms with van der Waals surface area (Å²) in [6.45, 7) is 2.72. The van der Waals surface area contributed by atoms with Gasteiger partial charge in [-0.15, -0.1) is 0 Å². The van der Waals surface area contributed by atoms with Crippen molar-refractivity contribution in [2.75, 3.05) is 13.1 Å². The van der Waals surface area contributed by atoms with Gasteiger partial charge in [0.2, 0.25) is 11.8 Å². The standard InChI is InChI=1S/C18H22N4O4/c1-2-21-14-6-4-3-5-13(14)17(25)22(18(21)26)11-15(23)20-9-7-12(8-10-20)16(19)24/h3-6,12H,2,7-11H2,1H3,(H2,19,24). The Morgan fingerprint density at radius 3 is 2.38 bits per heavy atom. The summed E-state index contributed by atoms with van der Waals surface area (Å²) in [5.41, 5.74) is 4.92. The lowest BCUT2D eigenvalue weighted by Crippen LogP contribution is -2.47. The molecule has 1 aliphatic heterocycles. The van der Waals surface area contributed by atoms with E-state index in [2.05, 4.69) is 0 Å². The van der Waals surface area contributed by atoms with E-state index in [1.807, 2.05) is 6.92 Å². The number of piperidine rings is 1. The highest BCUT2D eigenvalue weighted by molar-refractivity contribution is 5.80. The van der Waals surface area contributed by atoms with E-state index in [1.54, 1.807) is 29.2 Å². The second kappa shape index (κ2) is 7.15. The van der Waals surface area contributed by atoms with E-state index in [0.717, 1.165) is 4.57 Å². The van der Waals surface area contributed by atoms with Gasteiger partial charge in [-0.3, -0.25) is 23.5 Å². The van der Waals surface area contributed by atoms with Crippen molar-refractivity contribution in [2.24, 2.45) is 11.7 Å². The number of likely N-dealkylation sites (tertiary alicyclic amines) is 1. The van der Waals surface area contributed by atoms with E-state index >= 15 is 0 Å². The van der Waals surface area contributed by atoms with Gasteiger partial charge in [-0.25, -0.2) is 4.79 Å². The minimum absolute atomic E-state index is 0.222. The Hall–Kier alpha value is -2.90. The molecule has 26 heavy (non-hydrogen) atoms. The molecule has 1 saturated heterocycles. The number of aryl methyl sites for hydroxylation is 1. The molecule has 2 amide bonds. The molecule has 1 aromatic heterocycles. The van der Waals surface area contributed by atoms with Crippen LogP contribution >= 0.6 is 0 Å². The average molecular weight is 358 g/mol. The summed E-state index contributed by atoms with van der Waals surface area (Å²) in [6, 6.07) is 6.88. The minimum atomic E-state index is -0.489. The van der Waals surface area contributed by atoms with E-state index in [0.29, 0.717) is 43.4 Å². The minimum Gasteiger partial charge on any atom is -0.369 e. The van der Waals surface area contributed by atoms with E-state index < -0.39 is 11.2 Å². The molecule has 1 aromatic carbocycles. The number of carbonyl (C=O) groups excluding carboxylic acids is 2. The molecule has 1 fully saturated rings. The molecule has 0 aliphatic carbocycles. The third-order valence-electron chi connectivity index (χ3n) is 4.99. The zero-order chi connectivity index (χ0) is 18.8. The highest BCUT2D eigenvalue weighted by atomic mass is 16.2. The maximum Gasteiger partial charge on any atom is 0.331 e. The summed E-state index contributed by atoms with van der Waals surface area (Å²) in [4.78, 5) is 50.8. The molecular formula is C18H22N4O4. The van der Waals surface area contributed by atoms with E-state index in [1.165, 1.54) is 4.57 Å². The molecule has 0 spiro atoms. The topological polar surface area (TPSA) is 107 Å². The zero-order valence-electron chi connectivity index (χ0n) is 14.7. The van der Waals surface area contributed by atoms with Gasteiger partial charge in [-0.2, -0.15) is 0 Å². The van der Waals surface area contributed by atoms with Gasteiger partial charge in [0.1, 0.15) is 6.54 Å². The van der Waals surface area contributed by atoms with E-state index in [-0.39, 0.29) is 24.3 Å². The number of carbonyl (C=O) groups is 2. The molecule has 0 atom stereocenters. The van der Waals surface area contributed by atoms with Crippen LogP contribution in [0.2, 0.25) is 0 Å². The molecule has 2 N–H and O–H groups in total. The van der Waals surface area contributed by atoms with Gasteiger partial charge in [0.05, 0.1) is 10.9 Å². The number of primary amides is 1. The number of hydrogen-bond acceptors (Lipinski definition) is 4. The Morgan fingerprint density at radius 1 is 1.12 bits per heavy atom. The van der Waals surface area contributed by atoms with E-state index in [9.17, 15) is 19.2 Å². The lowest BCUT2D eigenvalue weighted by molar-refractivity contribution is -0.135. The number of aromatic nitrogens is 2. The maximum absolute atomic E-state index is 12.7. The number of nitrogens with two attached hydrogens (primary N) is 1. The highest BCUT2D eigenvalue weighted by Gasteiger charge is 2.26. The first-order valence-corrected chi connectivity index (χ1v) is 8.73. The summed E-state index contributed by atoms with van der Waals surface area (Å²) in [6.07, 6.45) is 1.01. The van der Waals surface area contributed by atoms with Crippen molar-refractivity contribution < 1.29 is 9.59 Å². The van der Waals surface area contributed by atoms with Gasteiger partial charge in [0.25, 0.3) is 5.56 Å². The lowest BCUT2D eigenvalue weighted by Gasteiger charge is -2.30. The van der Waals surface area contributed by atoms with Crippen LogP contribution in [0.3, 0.4) is 0 Å². The number of hydrogen-bond donors (Lipinski definition) is 1. The Labute approximate surface area is 149 Å². The Kier molecular flexibility index (Phi) is 4.92. The molecule has 0 unspecified atom stereocenters. The molecule has 1 aliphatic rings. The Morgan fingerprint density at radius 2 is 1.77 bits per heavy atom. The van der Waals surface area contributed by atoms with Gasteiger partial charge in [-0.1, -0.05) is 12.1 Å². The monoisotopic (exact) mass is 358 g/mol. The second-order valence-electron chi connectivity index (χ2n) is 6.49. The fourth-order valence-corrected chi connectivity index (χ4v) is 3.46. The van der Waals surface area contributed by atoms with Crippen molar-refractivity contribution in [1.29, 1.82) is 0 Å². The molecule has 0 saturated carbocycles. The first-order valence-electron chi connectivity index (χ1n) is 8.73. The zero-order valence-corrected chi connectivity index (χ0v) is 14.7. The van der Waals surface area contributed by atoms with Crippen LogP contribution in [0.15, 0.2) is 33.9 Å². The van der Waals surface area contributed by atoms with Crippen LogP contribution in [0.4, 0.5) is 0 Å². The summed E-state index contributed by atoms with van der Waals surface area (Å²) < 4.78 is 2.48. The summed E-state index contributed by atoms with van der Waals surface area (Å²) in [5.74, 6) is -0.876. The van der Waals surface area contributed by atoms with Crippen LogP contribution in [0.5, 0.6) is 0 Å². The van der Waals surface area contributed by atoms with Gasteiger partial charge < -0.3 is 10.6 Å². The fourth-order valence-electron chi connectivity index (χ4n) is 3.46. The van der Waals surface area contributed by atoms with Crippen LogP contribution in [0.25, 0.3) is 10.9 Å². The van der Waals surface area contributed by atoms with Gasteiger partial charge >= 0.3 is 5.69 Å². The van der Waals surface area contributed by atoms with Crippen molar-refractivity contribution >= 4 is 22.7 Å². The van der Waals surface area contributed by atoms with Gasteiger partial charge in [-0.05, 0) is 31.9 Å². The van der Waals surface area contributed by atoms with Crippen LogP contribution in [0.1, 0.15) is 19.8 Å². The normalized spacial score (nSPS) is 15.3. The first-order chi connectivity index (χ1) is 12.4. The van der Waals surface area contributed by atoms with Crippen LogP contribution in [-0.4, -0.2) is 38.9 Å². The summed E-state index contributed by atoms with van der Waals surface area (Å²) >= 11 is 0. The quantitative estimate of drug-likeness (QED) is 0.824. The van der Waals surface area contributed by atoms with Crippen molar-refractivity contribution in [3.63, 3.8) is 0 Å². The Bertz CT molecular complexity index is 967. The molecular weight excluding hydrogens is 336 g/mol. The van der Waals surface area contributed by atoms with Crippen molar-refractivity contribution in [3.05, 3.63) is 45.1 Å². The summed E-state index contributed by atoms with van der Waals surface area (Å²) in [5, 5.41) is 0.411. The fraction of sp³-hybridized carbons (Fsp3) is 0.444.